The van der Waals surface area contributed by atoms with Crippen LogP contribution in [0.4, 0.5) is 5.69 Å². The number of ether oxygens (including phenoxy) is 2. The van der Waals surface area contributed by atoms with Crippen LogP contribution in [0.2, 0.25) is 10.0 Å². The molecule has 1 aliphatic rings. The third-order valence-corrected chi connectivity index (χ3v) is 8.22. The summed E-state index contributed by atoms with van der Waals surface area (Å²) in [6, 6.07) is 29.1. The van der Waals surface area contributed by atoms with Crippen LogP contribution in [0.1, 0.15) is 22.3 Å². The second-order valence-corrected chi connectivity index (χ2v) is 11.3. The molecule has 0 aliphatic carbocycles. The van der Waals surface area contributed by atoms with E-state index < -0.39 is 0 Å². The van der Waals surface area contributed by atoms with Crippen LogP contribution in [0.5, 0.6) is 11.5 Å². The van der Waals surface area contributed by atoms with E-state index in [9.17, 15) is 4.79 Å². The number of aliphatic imine (C=N–C) groups is 1. The molecule has 5 nitrogen and oxygen atoms in total. The molecule has 0 aromatic heterocycles. The van der Waals surface area contributed by atoms with Gasteiger partial charge in [-0.2, -0.15) is 0 Å². The average molecular weight is 604 g/mol. The molecule has 1 amide bonds. The number of halogens is 2. The smallest absolute Gasteiger partial charge is 0.266 e. The summed E-state index contributed by atoms with van der Waals surface area (Å²) in [5.74, 6) is 1.07. The first kappa shape index (κ1) is 28.8. The van der Waals surface area contributed by atoms with Gasteiger partial charge in [0.1, 0.15) is 6.61 Å². The predicted octanol–water partition coefficient (Wildman–Crippen LogP) is 8.74. The number of aryl methyl sites for hydroxylation is 1. The Morgan fingerprint density at radius 2 is 1.66 bits per heavy atom. The van der Waals surface area contributed by atoms with Crippen molar-refractivity contribution in [3.63, 3.8) is 0 Å². The lowest BCUT2D eigenvalue weighted by Gasteiger charge is -2.15. The van der Waals surface area contributed by atoms with Crippen LogP contribution in [-0.4, -0.2) is 29.6 Å². The zero-order valence-electron chi connectivity index (χ0n) is 22.6. The fourth-order valence-electron chi connectivity index (χ4n) is 4.24. The highest BCUT2D eigenvalue weighted by Crippen LogP contribution is 2.36. The summed E-state index contributed by atoms with van der Waals surface area (Å²) in [7, 11) is 1.59. The highest BCUT2D eigenvalue weighted by molar-refractivity contribution is 8.18. The SMILES string of the molecule is COc1cc(/C=C2/SC(=Nc3ccc(C)cc3)N(CCc3ccccc3)C2=O)ccc1OCc1ccc(Cl)c(Cl)c1. The van der Waals surface area contributed by atoms with E-state index in [0.29, 0.717) is 44.8 Å². The number of amides is 1. The van der Waals surface area contributed by atoms with Crippen molar-refractivity contribution in [2.45, 2.75) is 20.0 Å². The number of hydrogen-bond acceptors (Lipinski definition) is 5. The van der Waals surface area contributed by atoms with Crippen molar-refractivity contribution >= 4 is 57.8 Å². The third-order valence-electron chi connectivity index (χ3n) is 6.48. The summed E-state index contributed by atoms with van der Waals surface area (Å²) in [6.45, 7) is 2.87. The highest BCUT2D eigenvalue weighted by Gasteiger charge is 2.33. The van der Waals surface area contributed by atoms with Gasteiger partial charge in [0, 0.05) is 6.54 Å². The summed E-state index contributed by atoms with van der Waals surface area (Å²) in [5.41, 5.74) is 4.83. The van der Waals surface area contributed by atoms with Crippen LogP contribution in [0.15, 0.2) is 101 Å². The van der Waals surface area contributed by atoms with Crippen LogP contribution in [0.3, 0.4) is 0 Å². The Kier molecular flexibility index (Phi) is 9.35. The van der Waals surface area contributed by atoms with Crippen molar-refractivity contribution in [1.29, 1.82) is 0 Å². The molecule has 4 aromatic carbocycles. The molecule has 1 saturated heterocycles. The first-order valence-electron chi connectivity index (χ1n) is 13.0. The molecule has 0 bridgehead atoms. The van der Waals surface area contributed by atoms with Gasteiger partial charge in [0.15, 0.2) is 16.7 Å². The molecule has 0 spiro atoms. The van der Waals surface area contributed by atoms with Gasteiger partial charge < -0.3 is 9.47 Å². The van der Waals surface area contributed by atoms with E-state index in [1.165, 1.54) is 17.3 Å². The first-order valence-corrected chi connectivity index (χ1v) is 14.6. The molecule has 1 fully saturated rings. The molecule has 1 heterocycles. The maximum atomic E-state index is 13.6. The minimum Gasteiger partial charge on any atom is -0.493 e. The quantitative estimate of drug-likeness (QED) is 0.180. The maximum Gasteiger partial charge on any atom is 0.266 e. The van der Waals surface area contributed by atoms with Crippen LogP contribution >= 0.6 is 35.0 Å². The number of hydrogen-bond donors (Lipinski definition) is 0. The average Bonchev–Trinajstić information content (AvgIpc) is 3.27. The summed E-state index contributed by atoms with van der Waals surface area (Å²) in [6.07, 6.45) is 2.59. The maximum absolute atomic E-state index is 13.6. The Morgan fingerprint density at radius 1 is 0.878 bits per heavy atom. The van der Waals surface area contributed by atoms with E-state index in [-0.39, 0.29) is 5.91 Å². The van der Waals surface area contributed by atoms with Crippen molar-refractivity contribution in [3.05, 3.63) is 128 Å². The van der Waals surface area contributed by atoms with E-state index in [1.54, 1.807) is 24.1 Å². The Hall–Kier alpha value is -3.71. The third kappa shape index (κ3) is 7.33. The standard InChI is InChI=1S/C33H28Cl2N2O3S/c1-22-8-12-26(13-9-22)36-33-37(17-16-23-6-4-3-5-7-23)32(38)31(41-33)20-24-11-15-29(30(19-24)39-2)40-21-25-10-14-27(34)28(35)18-25/h3-15,18-20H,16-17,21H2,1-2H3/b31-20+,36-33?. The number of rotatable bonds is 9. The van der Waals surface area contributed by atoms with E-state index in [1.807, 2.05) is 79.7 Å². The molecule has 0 N–H and O–H groups in total. The molecular formula is C33H28Cl2N2O3S. The molecule has 0 atom stereocenters. The minimum atomic E-state index is -0.0734. The molecule has 1 aliphatic heterocycles. The molecule has 4 aromatic rings. The molecular weight excluding hydrogens is 575 g/mol. The summed E-state index contributed by atoms with van der Waals surface area (Å²) in [4.78, 5) is 20.8. The van der Waals surface area contributed by atoms with E-state index >= 15 is 0 Å². The van der Waals surface area contributed by atoms with Gasteiger partial charge in [0.25, 0.3) is 5.91 Å². The fraction of sp³-hybridized carbons (Fsp3) is 0.152. The topological polar surface area (TPSA) is 51.1 Å². The van der Waals surface area contributed by atoms with E-state index in [0.717, 1.165) is 28.8 Å². The zero-order valence-corrected chi connectivity index (χ0v) is 25.0. The van der Waals surface area contributed by atoms with Gasteiger partial charge in [-0.05, 0) is 84.3 Å². The lowest BCUT2D eigenvalue weighted by molar-refractivity contribution is -0.122. The largest absolute Gasteiger partial charge is 0.493 e. The van der Waals surface area contributed by atoms with Crippen molar-refractivity contribution in [2.24, 2.45) is 4.99 Å². The van der Waals surface area contributed by atoms with E-state index in [4.69, 9.17) is 37.7 Å². The van der Waals surface area contributed by atoms with Crippen LogP contribution in [0, 0.1) is 6.92 Å². The Labute approximate surface area is 254 Å². The van der Waals surface area contributed by atoms with Gasteiger partial charge in [-0.25, -0.2) is 4.99 Å². The molecule has 208 valence electrons. The summed E-state index contributed by atoms with van der Waals surface area (Å²) < 4.78 is 11.6. The Morgan fingerprint density at radius 3 is 2.39 bits per heavy atom. The monoisotopic (exact) mass is 602 g/mol. The number of thioether (sulfide) groups is 1. The molecule has 5 rings (SSSR count). The highest BCUT2D eigenvalue weighted by atomic mass is 35.5. The number of carbonyl (C=O) groups is 1. The van der Waals surface area contributed by atoms with E-state index in [2.05, 4.69) is 12.1 Å². The van der Waals surface area contributed by atoms with Crippen molar-refractivity contribution in [1.82, 2.24) is 4.90 Å². The summed E-state index contributed by atoms with van der Waals surface area (Å²) in [5, 5.41) is 1.63. The second-order valence-electron chi connectivity index (χ2n) is 9.48. The number of amidine groups is 1. The van der Waals surface area contributed by atoms with Crippen LogP contribution < -0.4 is 9.47 Å². The number of nitrogens with zero attached hydrogens (tertiary/aromatic N) is 2. The minimum absolute atomic E-state index is 0.0734. The van der Waals surface area contributed by atoms with Crippen molar-refractivity contribution in [2.75, 3.05) is 13.7 Å². The van der Waals surface area contributed by atoms with Gasteiger partial charge in [-0.3, -0.25) is 9.69 Å². The number of benzene rings is 4. The molecule has 8 heteroatoms. The molecule has 41 heavy (non-hydrogen) atoms. The normalized spacial score (nSPS) is 15.1. The predicted molar refractivity (Wildman–Crippen MR) is 169 cm³/mol. The molecule has 0 saturated carbocycles. The summed E-state index contributed by atoms with van der Waals surface area (Å²) >= 11 is 13.5. The Balaban J connectivity index is 1.37. The number of methoxy groups -OCH3 is 1. The molecule has 0 unspecified atom stereocenters. The fourth-order valence-corrected chi connectivity index (χ4v) is 5.58. The first-order chi connectivity index (χ1) is 19.9. The van der Waals surface area contributed by atoms with Gasteiger partial charge in [0.05, 0.1) is 27.7 Å². The zero-order chi connectivity index (χ0) is 28.8. The van der Waals surface area contributed by atoms with Gasteiger partial charge in [-0.15, -0.1) is 0 Å². The molecule has 0 radical (unpaired) electrons. The van der Waals surface area contributed by atoms with Crippen molar-refractivity contribution in [3.8, 4) is 11.5 Å². The number of carbonyl (C=O) groups excluding carboxylic acids is 1. The van der Waals surface area contributed by atoms with Crippen LogP contribution in [-0.2, 0) is 17.8 Å². The lowest BCUT2D eigenvalue weighted by Crippen LogP contribution is -2.31. The van der Waals surface area contributed by atoms with Gasteiger partial charge >= 0.3 is 0 Å². The second kappa shape index (κ2) is 13.3. The van der Waals surface area contributed by atoms with Gasteiger partial charge in [-0.1, -0.05) is 83.4 Å². The Bertz CT molecular complexity index is 1610. The lowest BCUT2D eigenvalue weighted by atomic mass is 10.1. The van der Waals surface area contributed by atoms with Gasteiger partial charge in [0.2, 0.25) is 0 Å². The van der Waals surface area contributed by atoms with Crippen LogP contribution in [0.25, 0.3) is 6.08 Å². The van der Waals surface area contributed by atoms with Crippen molar-refractivity contribution < 1.29 is 14.3 Å².